The Kier molecular flexibility index (Phi) is 5.42. The first-order valence-corrected chi connectivity index (χ1v) is 10.5. The van der Waals surface area contributed by atoms with Crippen LogP contribution < -0.4 is 15.7 Å². The fraction of sp³-hybridized carbons (Fsp3) is 0.565. The average Bonchev–Trinajstić information content (AvgIpc) is 3.30. The van der Waals surface area contributed by atoms with E-state index in [-0.39, 0.29) is 24.2 Å². The number of rotatable bonds is 7. The van der Waals surface area contributed by atoms with Crippen molar-refractivity contribution >= 4 is 16.9 Å². The van der Waals surface area contributed by atoms with E-state index in [1.807, 2.05) is 12.1 Å². The minimum Gasteiger partial charge on any atom is -0.484 e. The van der Waals surface area contributed by atoms with Crippen molar-refractivity contribution in [2.45, 2.75) is 58.4 Å². The van der Waals surface area contributed by atoms with Crippen LogP contribution in [0.4, 0.5) is 0 Å². The first kappa shape index (κ1) is 19.0. The van der Waals surface area contributed by atoms with Crippen LogP contribution >= 0.6 is 0 Å². The zero-order chi connectivity index (χ0) is 19.7. The molecule has 2 saturated carbocycles. The monoisotopic (exact) mass is 383 g/mol. The van der Waals surface area contributed by atoms with Gasteiger partial charge in [-0.1, -0.05) is 19.8 Å². The molecule has 1 aromatic carbocycles. The second kappa shape index (κ2) is 7.98. The van der Waals surface area contributed by atoms with Gasteiger partial charge in [-0.25, -0.2) is 4.79 Å². The SMILES string of the molecule is CCCc1cc(=O)oc2cc(OCC(=O)NC(C)C3CC4CCC3C4)ccc12. The quantitative estimate of drug-likeness (QED) is 0.732. The van der Waals surface area contributed by atoms with Crippen LogP contribution in [0.5, 0.6) is 5.75 Å². The van der Waals surface area contributed by atoms with Crippen molar-refractivity contribution in [3.63, 3.8) is 0 Å². The molecule has 5 heteroatoms. The van der Waals surface area contributed by atoms with Gasteiger partial charge in [-0.2, -0.15) is 0 Å². The summed E-state index contributed by atoms with van der Waals surface area (Å²) >= 11 is 0. The summed E-state index contributed by atoms with van der Waals surface area (Å²) in [5.41, 5.74) is 1.13. The molecule has 0 spiro atoms. The highest BCUT2D eigenvalue weighted by Gasteiger charge is 2.42. The lowest BCUT2D eigenvalue weighted by molar-refractivity contribution is -0.124. The Hall–Kier alpha value is -2.30. The topological polar surface area (TPSA) is 68.5 Å². The lowest BCUT2D eigenvalue weighted by Crippen LogP contribution is -2.42. The molecule has 5 nitrogen and oxygen atoms in total. The molecule has 2 fully saturated rings. The molecule has 2 aromatic rings. The largest absolute Gasteiger partial charge is 0.484 e. The van der Waals surface area contributed by atoms with E-state index < -0.39 is 0 Å². The summed E-state index contributed by atoms with van der Waals surface area (Å²) in [5.74, 6) is 2.69. The van der Waals surface area contributed by atoms with Gasteiger partial charge in [0.05, 0.1) is 0 Å². The number of ether oxygens (including phenoxy) is 1. The Morgan fingerprint density at radius 2 is 2.14 bits per heavy atom. The molecule has 0 saturated heterocycles. The van der Waals surface area contributed by atoms with Gasteiger partial charge in [0.1, 0.15) is 11.3 Å². The van der Waals surface area contributed by atoms with Gasteiger partial charge < -0.3 is 14.5 Å². The van der Waals surface area contributed by atoms with Crippen LogP contribution in [0.15, 0.2) is 33.5 Å². The smallest absolute Gasteiger partial charge is 0.336 e. The first-order valence-electron chi connectivity index (χ1n) is 10.5. The van der Waals surface area contributed by atoms with Gasteiger partial charge in [0.15, 0.2) is 6.61 Å². The minimum atomic E-state index is -0.356. The molecule has 4 rings (SSSR count). The normalized spacial score (nSPS) is 24.4. The van der Waals surface area contributed by atoms with Gasteiger partial charge in [0.25, 0.3) is 5.91 Å². The van der Waals surface area contributed by atoms with Crippen LogP contribution in [-0.4, -0.2) is 18.6 Å². The Bertz CT molecular complexity index is 918. The molecule has 4 atom stereocenters. The Balaban J connectivity index is 1.37. The van der Waals surface area contributed by atoms with E-state index in [2.05, 4.69) is 19.2 Å². The van der Waals surface area contributed by atoms with Gasteiger partial charge in [-0.05, 0) is 68.1 Å². The van der Waals surface area contributed by atoms with Gasteiger partial charge in [0, 0.05) is 23.6 Å². The predicted molar refractivity (Wildman–Crippen MR) is 109 cm³/mol. The van der Waals surface area contributed by atoms with Crippen molar-refractivity contribution in [3.05, 3.63) is 40.2 Å². The summed E-state index contributed by atoms with van der Waals surface area (Å²) in [6, 6.07) is 7.17. The maximum atomic E-state index is 12.3. The highest BCUT2D eigenvalue weighted by Crippen LogP contribution is 2.49. The summed E-state index contributed by atoms with van der Waals surface area (Å²) in [6.45, 7) is 4.16. The van der Waals surface area contributed by atoms with E-state index in [0.29, 0.717) is 17.3 Å². The zero-order valence-corrected chi connectivity index (χ0v) is 16.7. The molecule has 1 N–H and O–H groups in total. The number of amides is 1. The zero-order valence-electron chi connectivity index (χ0n) is 16.7. The molecule has 0 radical (unpaired) electrons. The average molecular weight is 383 g/mol. The first-order chi connectivity index (χ1) is 13.5. The molecule has 1 amide bonds. The molecular formula is C23H29NO4. The number of nitrogens with one attached hydrogen (secondary N) is 1. The maximum Gasteiger partial charge on any atom is 0.336 e. The Labute approximate surface area is 165 Å². The van der Waals surface area contributed by atoms with Crippen molar-refractivity contribution in [2.24, 2.45) is 17.8 Å². The van der Waals surface area contributed by atoms with Crippen molar-refractivity contribution in [2.75, 3.05) is 6.61 Å². The van der Waals surface area contributed by atoms with Crippen LogP contribution in [-0.2, 0) is 11.2 Å². The maximum absolute atomic E-state index is 12.3. The van der Waals surface area contributed by atoms with Gasteiger partial charge in [-0.3, -0.25) is 4.79 Å². The number of hydrogen-bond acceptors (Lipinski definition) is 4. The van der Waals surface area contributed by atoms with Crippen LogP contribution in [0.3, 0.4) is 0 Å². The molecule has 1 aromatic heterocycles. The highest BCUT2D eigenvalue weighted by molar-refractivity contribution is 5.82. The molecule has 0 aliphatic heterocycles. The van der Waals surface area contributed by atoms with E-state index in [9.17, 15) is 9.59 Å². The number of carbonyl (C=O) groups is 1. The molecule has 2 aliphatic rings. The number of carbonyl (C=O) groups excluding carboxylic acids is 1. The summed E-state index contributed by atoms with van der Waals surface area (Å²) in [4.78, 5) is 24.1. The summed E-state index contributed by atoms with van der Waals surface area (Å²) in [5, 5.41) is 4.03. The third-order valence-corrected chi connectivity index (χ3v) is 6.51. The van der Waals surface area contributed by atoms with E-state index in [0.717, 1.165) is 35.6 Å². The molecule has 2 bridgehead atoms. The van der Waals surface area contributed by atoms with Crippen LogP contribution in [0.2, 0.25) is 0 Å². The number of fused-ring (bicyclic) bond motifs is 3. The summed E-state index contributed by atoms with van der Waals surface area (Å²) < 4.78 is 11.0. The summed E-state index contributed by atoms with van der Waals surface area (Å²) in [6.07, 6.45) is 7.04. The minimum absolute atomic E-state index is 0.0322. The third-order valence-electron chi connectivity index (χ3n) is 6.51. The molecule has 2 aliphatic carbocycles. The van der Waals surface area contributed by atoms with Crippen LogP contribution in [0.25, 0.3) is 11.0 Å². The van der Waals surface area contributed by atoms with Crippen molar-refractivity contribution in [3.8, 4) is 5.75 Å². The number of benzene rings is 1. The molecule has 1 heterocycles. The van der Waals surface area contributed by atoms with E-state index >= 15 is 0 Å². The standard InChI is InChI=1S/C23H29NO4/c1-3-4-16-11-23(26)28-21-12-18(7-8-19(16)21)27-13-22(25)24-14(2)20-10-15-5-6-17(20)9-15/h7-8,11-12,14-15,17,20H,3-6,9-10,13H2,1-2H3,(H,24,25). The second-order valence-electron chi connectivity index (χ2n) is 8.48. The lowest BCUT2D eigenvalue weighted by Gasteiger charge is -2.28. The van der Waals surface area contributed by atoms with E-state index in [4.69, 9.17) is 9.15 Å². The predicted octanol–water partition coefficient (Wildman–Crippen LogP) is 4.07. The van der Waals surface area contributed by atoms with E-state index in [1.54, 1.807) is 12.1 Å². The van der Waals surface area contributed by atoms with Gasteiger partial charge in [0.2, 0.25) is 0 Å². The number of hydrogen-bond donors (Lipinski definition) is 1. The summed E-state index contributed by atoms with van der Waals surface area (Å²) in [7, 11) is 0. The third kappa shape index (κ3) is 3.94. The fourth-order valence-corrected chi connectivity index (χ4v) is 5.23. The highest BCUT2D eigenvalue weighted by atomic mass is 16.5. The van der Waals surface area contributed by atoms with E-state index in [1.165, 1.54) is 25.7 Å². The fourth-order valence-electron chi connectivity index (χ4n) is 5.23. The molecule has 28 heavy (non-hydrogen) atoms. The molecular weight excluding hydrogens is 354 g/mol. The molecule has 150 valence electrons. The van der Waals surface area contributed by atoms with Crippen molar-refractivity contribution in [1.29, 1.82) is 0 Å². The van der Waals surface area contributed by atoms with Gasteiger partial charge >= 0.3 is 5.63 Å². The Morgan fingerprint density at radius 1 is 1.29 bits per heavy atom. The van der Waals surface area contributed by atoms with Crippen LogP contribution in [0, 0.1) is 17.8 Å². The second-order valence-corrected chi connectivity index (χ2v) is 8.48. The van der Waals surface area contributed by atoms with Crippen molar-refractivity contribution in [1.82, 2.24) is 5.32 Å². The Morgan fingerprint density at radius 3 is 2.86 bits per heavy atom. The lowest BCUT2D eigenvalue weighted by atomic mass is 9.84. The number of aryl methyl sites for hydroxylation is 1. The van der Waals surface area contributed by atoms with Gasteiger partial charge in [-0.15, -0.1) is 0 Å². The van der Waals surface area contributed by atoms with Crippen LogP contribution in [0.1, 0.15) is 51.5 Å². The molecule has 4 unspecified atom stereocenters. The van der Waals surface area contributed by atoms with Crippen molar-refractivity contribution < 1.29 is 13.9 Å².